The van der Waals surface area contributed by atoms with Gasteiger partial charge in [0.25, 0.3) is 0 Å². The molecule has 18 heavy (non-hydrogen) atoms. The normalized spacial score (nSPS) is 13.6. The molecule has 1 aromatic heterocycles. The Hall–Kier alpha value is -1.06. The minimum Gasteiger partial charge on any atom is -0.237 e. The number of hydrogen-bond acceptors (Lipinski definition) is 3. The minimum absolute atomic E-state index is 0.654. The van der Waals surface area contributed by atoms with E-state index in [0.29, 0.717) is 5.15 Å². The lowest BCUT2D eigenvalue weighted by atomic mass is 10.3. The van der Waals surface area contributed by atoms with E-state index in [9.17, 15) is 0 Å². The fourth-order valence-corrected chi connectivity index (χ4v) is 3.24. The van der Waals surface area contributed by atoms with Crippen molar-refractivity contribution in [3.8, 4) is 0 Å². The number of rotatable bonds is 3. The molecule has 0 unspecified atom stereocenters. The van der Waals surface area contributed by atoms with Crippen molar-refractivity contribution in [2.24, 2.45) is 0 Å². The summed E-state index contributed by atoms with van der Waals surface area (Å²) in [4.78, 5) is 10.2. The second-order valence-corrected chi connectivity index (χ2v) is 5.72. The highest BCUT2D eigenvalue weighted by molar-refractivity contribution is 7.98. The molecule has 0 aliphatic heterocycles. The molecule has 92 valence electrons. The van der Waals surface area contributed by atoms with Gasteiger partial charge in [-0.15, -0.1) is 11.8 Å². The lowest BCUT2D eigenvalue weighted by Gasteiger charge is -2.05. The average Bonchev–Trinajstić information content (AvgIpc) is 2.86. The van der Waals surface area contributed by atoms with Crippen LogP contribution in [0.25, 0.3) is 0 Å². The van der Waals surface area contributed by atoms with Crippen LogP contribution in [0.1, 0.15) is 23.5 Å². The Bertz CT molecular complexity index is 557. The SMILES string of the molecule is Clc1nc(CSc2ccccc2)nc2c1CCC2. The molecule has 0 spiro atoms. The van der Waals surface area contributed by atoms with Crippen molar-refractivity contribution in [2.75, 3.05) is 0 Å². The van der Waals surface area contributed by atoms with Gasteiger partial charge in [-0.3, -0.25) is 0 Å². The van der Waals surface area contributed by atoms with E-state index in [1.54, 1.807) is 11.8 Å². The predicted octanol–water partition coefficient (Wildman–Crippen LogP) is 3.91. The third-order valence-electron chi connectivity index (χ3n) is 3.04. The maximum absolute atomic E-state index is 6.20. The number of fused-ring (bicyclic) bond motifs is 1. The first kappa shape index (κ1) is 12.0. The highest BCUT2D eigenvalue weighted by Gasteiger charge is 2.17. The van der Waals surface area contributed by atoms with E-state index in [1.165, 1.54) is 4.90 Å². The van der Waals surface area contributed by atoms with Crippen LogP contribution in [0.5, 0.6) is 0 Å². The molecular formula is C14H13ClN2S. The van der Waals surface area contributed by atoms with Gasteiger partial charge in [-0.1, -0.05) is 29.8 Å². The Morgan fingerprint density at radius 3 is 2.78 bits per heavy atom. The lowest BCUT2D eigenvalue weighted by Crippen LogP contribution is -1.99. The van der Waals surface area contributed by atoms with Crippen molar-refractivity contribution in [1.82, 2.24) is 9.97 Å². The van der Waals surface area contributed by atoms with Gasteiger partial charge in [0.05, 0.1) is 5.75 Å². The molecule has 0 amide bonds. The summed E-state index contributed by atoms with van der Waals surface area (Å²) in [5, 5.41) is 0.654. The Labute approximate surface area is 116 Å². The van der Waals surface area contributed by atoms with Gasteiger partial charge in [0.15, 0.2) is 0 Å². The van der Waals surface area contributed by atoms with Crippen molar-refractivity contribution in [3.63, 3.8) is 0 Å². The third-order valence-corrected chi connectivity index (χ3v) is 4.36. The molecule has 1 aliphatic rings. The molecule has 1 aliphatic carbocycles. The van der Waals surface area contributed by atoms with Gasteiger partial charge in [0.1, 0.15) is 11.0 Å². The number of aryl methyl sites for hydroxylation is 1. The fourth-order valence-electron chi connectivity index (χ4n) is 2.16. The number of hydrogen-bond donors (Lipinski definition) is 0. The fraction of sp³-hybridized carbons (Fsp3) is 0.286. The van der Waals surface area contributed by atoms with Gasteiger partial charge in [0.2, 0.25) is 0 Å². The largest absolute Gasteiger partial charge is 0.237 e. The number of benzene rings is 1. The second-order valence-electron chi connectivity index (χ2n) is 4.31. The smallest absolute Gasteiger partial charge is 0.140 e. The molecule has 3 rings (SSSR count). The Morgan fingerprint density at radius 1 is 1.11 bits per heavy atom. The molecule has 4 heteroatoms. The van der Waals surface area contributed by atoms with Crippen LogP contribution >= 0.6 is 23.4 Å². The molecule has 0 atom stereocenters. The van der Waals surface area contributed by atoms with Crippen LogP contribution < -0.4 is 0 Å². The maximum atomic E-state index is 6.20. The molecular weight excluding hydrogens is 264 g/mol. The highest BCUT2D eigenvalue weighted by atomic mass is 35.5. The number of thioether (sulfide) groups is 1. The van der Waals surface area contributed by atoms with E-state index in [4.69, 9.17) is 11.6 Å². The van der Waals surface area contributed by atoms with Crippen LogP contribution in [0.2, 0.25) is 5.15 Å². The van der Waals surface area contributed by atoms with Gasteiger partial charge in [-0.2, -0.15) is 0 Å². The molecule has 0 saturated heterocycles. The Morgan fingerprint density at radius 2 is 1.94 bits per heavy atom. The van der Waals surface area contributed by atoms with Crippen molar-refractivity contribution in [2.45, 2.75) is 29.9 Å². The summed E-state index contributed by atoms with van der Waals surface area (Å²) in [5.41, 5.74) is 2.31. The van der Waals surface area contributed by atoms with E-state index in [0.717, 1.165) is 42.1 Å². The summed E-state index contributed by atoms with van der Waals surface area (Å²) in [6.07, 6.45) is 3.22. The molecule has 0 fully saturated rings. The molecule has 1 aromatic carbocycles. The molecule has 0 N–H and O–H groups in total. The summed E-state index contributed by atoms with van der Waals surface area (Å²) < 4.78 is 0. The monoisotopic (exact) mass is 276 g/mol. The molecule has 0 saturated carbocycles. The summed E-state index contributed by atoms with van der Waals surface area (Å²) in [5.74, 6) is 1.62. The zero-order valence-corrected chi connectivity index (χ0v) is 11.5. The number of aromatic nitrogens is 2. The summed E-state index contributed by atoms with van der Waals surface area (Å²) in [6, 6.07) is 10.3. The van der Waals surface area contributed by atoms with Crippen molar-refractivity contribution in [1.29, 1.82) is 0 Å². The van der Waals surface area contributed by atoms with Crippen LogP contribution in [0.15, 0.2) is 35.2 Å². The van der Waals surface area contributed by atoms with E-state index >= 15 is 0 Å². The van der Waals surface area contributed by atoms with E-state index in [2.05, 4.69) is 22.1 Å². The van der Waals surface area contributed by atoms with E-state index < -0.39 is 0 Å². The maximum Gasteiger partial charge on any atom is 0.140 e. The number of nitrogens with zero attached hydrogens (tertiary/aromatic N) is 2. The Balaban J connectivity index is 1.76. The topological polar surface area (TPSA) is 25.8 Å². The van der Waals surface area contributed by atoms with Gasteiger partial charge >= 0.3 is 0 Å². The second kappa shape index (κ2) is 5.29. The molecule has 2 aromatic rings. The predicted molar refractivity (Wildman–Crippen MR) is 75.1 cm³/mol. The molecule has 1 heterocycles. The average molecular weight is 277 g/mol. The first-order valence-corrected chi connectivity index (χ1v) is 7.41. The van der Waals surface area contributed by atoms with Gasteiger partial charge in [-0.05, 0) is 31.4 Å². The van der Waals surface area contributed by atoms with Crippen LogP contribution in [0.3, 0.4) is 0 Å². The first-order valence-electron chi connectivity index (χ1n) is 6.05. The van der Waals surface area contributed by atoms with Gasteiger partial charge < -0.3 is 0 Å². The van der Waals surface area contributed by atoms with Crippen LogP contribution in [0, 0.1) is 0 Å². The summed E-state index contributed by atoms with van der Waals surface area (Å²) in [7, 11) is 0. The summed E-state index contributed by atoms with van der Waals surface area (Å²) >= 11 is 7.94. The van der Waals surface area contributed by atoms with E-state index in [-0.39, 0.29) is 0 Å². The number of halogens is 1. The summed E-state index contributed by atoms with van der Waals surface area (Å²) in [6.45, 7) is 0. The van der Waals surface area contributed by atoms with Crippen LogP contribution in [0.4, 0.5) is 0 Å². The Kier molecular flexibility index (Phi) is 3.52. The van der Waals surface area contributed by atoms with Crippen molar-refractivity contribution < 1.29 is 0 Å². The van der Waals surface area contributed by atoms with Crippen molar-refractivity contribution >= 4 is 23.4 Å². The zero-order chi connectivity index (χ0) is 12.4. The van der Waals surface area contributed by atoms with Crippen LogP contribution in [-0.4, -0.2) is 9.97 Å². The molecule has 2 nitrogen and oxygen atoms in total. The van der Waals surface area contributed by atoms with Gasteiger partial charge in [0, 0.05) is 16.2 Å². The molecule has 0 bridgehead atoms. The van der Waals surface area contributed by atoms with Gasteiger partial charge in [-0.25, -0.2) is 9.97 Å². The molecule has 0 radical (unpaired) electrons. The minimum atomic E-state index is 0.654. The van der Waals surface area contributed by atoms with E-state index in [1.807, 2.05) is 18.2 Å². The van der Waals surface area contributed by atoms with Crippen molar-refractivity contribution in [3.05, 3.63) is 52.6 Å². The quantitative estimate of drug-likeness (QED) is 0.628. The third kappa shape index (κ3) is 2.52. The first-order chi connectivity index (χ1) is 8.83. The van der Waals surface area contributed by atoms with Crippen LogP contribution in [-0.2, 0) is 18.6 Å². The standard InChI is InChI=1S/C14H13ClN2S/c15-14-11-7-4-8-12(11)16-13(17-14)9-18-10-5-2-1-3-6-10/h1-3,5-6H,4,7-9H2. The zero-order valence-electron chi connectivity index (χ0n) is 9.90. The lowest BCUT2D eigenvalue weighted by molar-refractivity contribution is 0.893. The highest BCUT2D eigenvalue weighted by Crippen LogP contribution is 2.28.